The number of aromatic nitrogens is 2. The fraction of sp³-hybridized carbons (Fsp3) is 0.733. The van der Waals surface area contributed by atoms with Crippen LogP contribution in [0.5, 0.6) is 0 Å². The molecule has 2 N–H and O–H groups in total. The summed E-state index contributed by atoms with van der Waals surface area (Å²) >= 11 is 0. The number of hydrogen-bond donors (Lipinski definition) is 2. The van der Waals surface area contributed by atoms with Gasteiger partial charge in [-0.15, -0.1) is 0 Å². The third-order valence-electron chi connectivity index (χ3n) is 3.63. The highest BCUT2D eigenvalue weighted by Gasteiger charge is 2.22. The molecule has 1 aromatic heterocycles. The van der Waals surface area contributed by atoms with Crippen molar-refractivity contribution in [3.05, 3.63) is 17.6 Å². The molecule has 0 saturated carbocycles. The number of methoxy groups -OCH3 is 1. The predicted molar refractivity (Wildman–Crippen MR) is 84.4 cm³/mol. The van der Waals surface area contributed by atoms with E-state index in [9.17, 15) is 9.50 Å². The standard InChI is InChI=1S/C15H27FN4O2/c1-6-7-13-10(2)14(18-9-17-13)19-11(3)12(16)8-20(4)15(21)22-5/h9,11-12,15,21H,6-8H2,1-5H3,(H,17,18,19)/t11-,12+,15?/m0/s1. The Morgan fingerprint density at radius 3 is 2.73 bits per heavy atom. The molecule has 0 bridgehead atoms. The first-order valence-electron chi connectivity index (χ1n) is 7.52. The summed E-state index contributed by atoms with van der Waals surface area (Å²) in [5.74, 6) is 0.656. The van der Waals surface area contributed by atoms with Gasteiger partial charge in [0, 0.05) is 24.9 Å². The number of aryl methyl sites for hydroxylation is 1. The average Bonchev–Trinajstić information content (AvgIpc) is 2.50. The van der Waals surface area contributed by atoms with Crippen LogP contribution < -0.4 is 5.32 Å². The average molecular weight is 314 g/mol. The quantitative estimate of drug-likeness (QED) is 0.677. The molecule has 0 aromatic carbocycles. The van der Waals surface area contributed by atoms with Gasteiger partial charge in [0.2, 0.25) is 6.41 Å². The maximum atomic E-state index is 14.3. The van der Waals surface area contributed by atoms with Crippen molar-refractivity contribution >= 4 is 5.82 Å². The lowest BCUT2D eigenvalue weighted by atomic mass is 10.1. The summed E-state index contributed by atoms with van der Waals surface area (Å²) in [6.07, 6.45) is 1.08. The van der Waals surface area contributed by atoms with E-state index < -0.39 is 18.6 Å². The summed E-state index contributed by atoms with van der Waals surface area (Å²) in [7, 11) is 2.97. The number of hydrogen-bond acceptors (Lipinski definition) is 6. The van der Waals surface area contributed by atoms with Crippen LogP contribution in [0.4, 0.5) is 10.2 Å². The van der Waals surface area contributed by atoms with Gasteiger partial charge in [-0.2, -0.15) is 0 Å². The van der Waals surface area contributed by atoms with Crippen molar-refractivity contribution < 1.29 is 14.2 Å². The smallest absolute Gasteiger partial charge is 0.215 e. The Morgan fingerprint density at radius 1 is 1.45 bits per heavy atom. The summed E-state index contributed by atoms with van der Waals surface area (Å²) in [5, 5.41) is 12.6. The topological polar surface area (TPSA) is 70.5 Å². The van der Waals surface area contributed by atoms with E-state index in [4.69, 9.17) is 4.74 Å². The maximum Gasteiger partial charge on any atom is 0.215 e. The van der Waals surface area contributed by atoms with Crippen LogP contribution in [0, 0.1) is 6.92 Å². The largest absolute Gasteiger partial charge is 0.364 e. The molecule has 0 spiro atoms. The van der Waals surface area contributed by atoms with Crippen LogP contribution in [0.25, 0.3) is 0 Å². The van der Waals surface area contributed by atoms with Crippen LogP contribution >= 0.6 is 0 Å². The van der Waals surface area contributed by atoms with E-state index in [0.717, 1.165) is 24.1 Å². The number of rotatable bonds is 9. The number of halogens is 1. The highest BCUT2D eigenvalue weighted by atomic mass is 19.1. The molecule has 0 fully saturated rings. The molecular formula is C15H27FN4O2. The predicted octanol–water partition coefficient (Wildman–Crippen LogP) is 1.73. The third-order valence-corrected chi connectivity index (χ3v) is 3.63. The number of alkyl halides is 1. The molecule has 126 valence electrons. The minimum atomic E-state index is -1.18. The highest BCUT2D eigenvalue weighted by molar-refractivity contribution is 5.45. The molecular weight excluding hydrogens is 287 g/mol. The van der Waals surface area contributed by atoms with Gasteiger partial charge < -0.3 is 15.2 Å². The number of aliphatic hydroxyl groups is 1. The van der Waals surface area contributed by atoms with Crippen molar-refractivity contribution in [3.63, 3.8) is 0 Å². The molecule has 0 aliphatic heterocycles. The first-order valence-corrected chi connectivity index (χ1v) is 7.52. The van der Waals surface area contributed by atoms with Gasteiger partial charge in [0.15, 0.2) is 0 Å². The molecule has 1 aromatic rings. The maximum absolute atomic E-state index is 14.3. The highest BCUT2D eigenvalue weighted by Crippen LogP contribution is 2.17. The van der Waals surface area contributed by atoms with Crippen LogP contribution in [0.3, 0.4) is 0 Å². The number of aliphatic hydroxyl groups excluding tert-OH is 1. The van der Waals surface area contributed by atoms with E-state index in [2.05, 4.69) is 22.2 Å². The van der Waals surface area contributed by atoms with Crippen molar-refractivity contribution in [2.45, 2.75) is 52.2 Å². The lowest BCUT2D eigenvalue weighted by Crippen LogP contribution is -2.42. The van der Waals surface area contributed by atoms with Gasteiger partial charge in [-0.25, -0.2) is 14.4 Å². The lowest BCUT2D eigenvalue weighted by molar-refractivity contribution is -0.171. The zero-order valence-electron chi connectivity index (χ0n) is 14.0. The Bertz CT molecular complexity index is 461. The van der Waals surface area contributed by atoms with Gasteiger partial charge in [-0.1, -0.05) is 13.3 Å². The monoisotopic (exact) mass is 314 g/mol. The van der Waals surface area contributed by atoms with Crippen LogP contribution in [0.1, 0.15) is 31.5 Å². The fourth-order valence-electron chi connectivity index (χ4n) is 2.13. The van der Waals surface area contributed by atoms with Crippen molar-refractivity contribution in [1.29, 1.82) is 0 Å². The molecule has 3 atom stereocenters. The number of nitrogens with one attached hydrogen (secondary N) is 1. The Kier molecular flexibility index (Phi) is 7.64. The zero-order valence-corrected chi connectivity index (χ0v) is 14.0. The van der Waals surface area contributed by atoms with Gasteiger partial charge in [-0.3, -0.25) is 4.90 Å². The van der Waals surface area contributed by atoms with Crippen molar-refractivity contribution in [2.24, 2.45) is 0 Å². The number of anilines is 1. The number of ether oxygens (including phenoxy) is 1. The van der Waals surface area contributed by atoms with E-state index >= 15 is 0 Å². The Balaban J connectivity index is 2.68. The van der Waals surface area contributed by atoms with E-state index in [1.165, 1.54) is 18.3 Å². The van der Waals surface area contributed by atoms with Crippen LogP contribution in [0.15, 0.2) is 6.33 Å². The zero-order chi connectivity index (χ0) is 16.7. The molecule has 0 aliphatic rings. The van der Waals surface area contributed by atoms with Crippen LogP contribution in [0.2, 0.25) is 0 Å². The van der Waals surface area contributed by atoms with Crippen LogP contribution in [-0.2, 0) is 11.2 Å². The van der Waals surface area contributed by atoms with Crippen LogP contribution in [-0.4, -0.2) is 59.3 Å². The van der Waals surface area contributed by atoms with Gasteiger partial charge in [0.25, 0.3) is 0 Å². The molecule has 0 amide bonds. The van der Waals surface area contributed by atoms with E-state index in [1.807, 2.05) is 6.92 Å². The minimum absolute atomic E-state index is 0.0507. The normalized spacial score (nSPS) is 15.6. The summed E-state index contributed by atoms with van der Waals surface area (Å²) in [5.41, 5.74) is 1.93. The third kappa shape index (κ3) is 5.15. The molecule has 0 radical (unpaired) electrons. The van der Waals surface area contributed by atoms with Crippen molar-refractivity contribution in [3.8, 4) is 0 Å². The molecule has 22 heavy (non-hydrogen) atoms. The van der Waals surface area contributed by atoms with E-state index in [1.54, 1.807) is 14.0 Å². The fourth-order valence-corrected chi connectivity index (χ4v) is 2.13. The van der Waals surface area contributed by atoms with Gasteiger partial charge in [0.1, 0.15) is 18.3 Å². The second-order valence-corrected chi connectivity index (χ2v) is 5.49. The number of nitrogens with zero attached hydrogens (tertiary/aromatic N) is 3. The molecule has 0 saturated heterocycles. The molecule has 7 heteroatoms. The second kappa shape index (κ2) is 8.97. The summed E-state index contributed by atoms with van der Waals surface area (Å²) in [6, 6.07) is -0.449. The van der Waals surface area contributed by atoms with Crippen molar-refractivity contribution in [1.82, 2.24) is 14.9 Å². The first-order chi connectivity index (χ1) is 10.4. The Morgan fingerprint density at radius 2 is 2.14 bits per heavy atom. The molecule has 6 nitrogen and oxygen atoms in total. The summed E-state index contributed by atoms with van der Waals surface area (Å²) in [6.45, 7) is 5.83. The summed E-state index contributed by atoms with van der Waals surface area (Å²) in [4.78, 5) is 9.86. The summed E-state index contributed by atoms with van der Waals surface area (Å²) < 4.78 is 19.0. The SMILES string of the molecule is CCCc1ncnc(N[C@@H](C)[C@H](F)CN(C)C(O)OC)c1C. The lowest BCUT2D eigenvalue weighted by Gasteiger charge is -2.27. The Hall–Kier alpha value is -1.31. The molecule has 1 heterocycles. The van der Waals surface area contributed by atoms with Gasteiger partial charge in [-0.05, 0) is 27.3 Å². The first kappa shape index (κ1) is 18.7. The molecule has 1 unspecified atom stereocenters. The Labute approximate surface area is 131 Å². The minimum Gasteiger partial charge on any atom is -0.364 e. The van der Waals surface area contributed by atoms with Gasteiger partial charge in [0.05, 0.1) is 6.04 Å². The second-order valence-electron chi connectivity index (χ2n) is 5.49. The van der Waals surface area contributed by atoms with Gasteiger partial charge >= 0.3 is 0 Å². The van der Waals surface area contributed by atoms with E-state index in [0.29, 0.717) is 5.82 Å². The molecule has 1 rings (SSSR count). The molecule has 0 aliphatic carbocycles. The van der Waals surface area contributed by atoms with E-state index in [-0.39, 0.29) is 6.54 Å². The van der Waals surface area contributed by atoms with Crippen molar-refractivity contribution in [2.75, 3.05) is 26.0 Å².